The van der Waals surface area contributed by atoms with E-state index in [1.165, 1.54) is 17.4 Å². The molecule has 126 valence electrons. The molecule has 0 fully saturated rings. The average molecular weight is 346 g/mol. The summed E-state index contributed by atoms with van der Waals surface area (Å²) in [5.41, 5.74) is 7.63. The van der Waals surface area contributed by atoms with E-state index in [0.29, 0.717) is 16.1 Å². The molecule has 4 nitrogen and oxygen atoms in total. The lowest BCUT2D eigenvalue weighted by molar-refractivity contribution is 0.100. The Labute approximate surface area is 143 Å². The molecule has 3 rings (SSSR count). The van der Waals surface area contributed by atoms with Gasteiger partial charge in [0.05, 0.1) is 5.56 Å². The predicted molar refractivity (Wildman–Crippen MR) is 93.2 cm³/mol. The number of fused-ring (bicyclic) bond motifs is 1. The number of rotatable bonds is 3. The number of carbonyl (C=O) groups excluding carboxylic acids is 2. The summed E-state index contributed by atoms with van der Waals surface area (Å²) in [4.78, 5) is 25.4. The van der Waals surface area contributed by atoms with Crippen molar-refractivity contribution >= 4 is 28.2 Å². The van der Waals surface area contributed by atoms with E-state index < -0.39 is 17.6 Å². The summed E-state index contributed by atoms with van der Waals surface area (Å²) in [5, 5.41) is 3.22. The van der Waals surface area contributed by atoms with Gasteiger partial charge in [0.1, 0.15) is 10.8 Å². The normalized spacial score (nSPS) is 13.9. The van der Waals surface area contributed by atoms with Gasteiger partial charge in [0.2, 0.25) is 0 Å². The van der Waals surface area contributed by atoms with Gasteiger partial charge < -0.3 is 11.1 Å². The molecule has 1 aromatic heterocycles. The van der Waals surface area contributed by atoms with Crippen molar-refractivity contribution in [2.75, 3.05) is 5.32 Å². The molecule has 3 N–H and O–H groups in total. The van der Waals surface area contributed by atoms with Crippen molar-refractivity contribution in [2.45, 2.75) is 39.0 Å². The molecular formula is C18H19FN2O2S. The monoisotopic (exact) mass is 346 g/mol. The van der Waals surface area contributed by atoms with Crippen LogP contribution in [0.5, 0.6) is 0 Å². The maximum absolute atomic E-state index is 13.7. The van der Waals surface area contributed by atoms with Crippen LogP contribution in [0, 0.1) is 12.7 Å². The standard InChI is InChI=1S/C18H19FN2O2S/c1-10-7-8-11(9-13(10)19)17(23)21-18-15(16(20)22)12-5-3-2-4-6-14(12)24-18/h7-9H,2-6H2,1H3,(H2,20,22)(H,21,23). The number of nitrogens with one attached hydrogen (secondary N) is 1. The number of primary amides is 1. The molecule has 0 atom stereocenters. The van der Waals surface area contributed by atoms with Crippen molar-refractivity contribution in [3.05, 3.63) is 51.1 Å². The molecule has 6 heteroatoms. The Balaban J connectivity index is 1.93. The van der Waals surface area contributed by atoms with E-state index in [1.54, 1.807) is 19.1 Å². The van der Waals surface area contributed by atoms with Crippen molar-refractivity contribution in [3.8, 4) is 0 Å². The summed E-state index contributed by atoms with van der Waals surface area (Å²) < 4.78 is 13.7. The van der Waals surface area contributed by atoms with E-state index in [2.05, 4.69) is 5.32 Å². The average Bonchev–Trinajstić information content (AvgIpc) is 2.71. The second-order valence-electron chi connectivity index (χ2n) is 6.05. The van der Waals surface area contributed by atoms with Crippen molar-refractivity contribution in [1.82, 2.24) is 0 Å². The first-order valence-electron chi connectivity index (χ1n) is 7.99. The number of aryl methyl sites for hydroxylation is 2. The van der Waals surface area contributed by atoms with Crippen molar-refractivity contribution in [2.24, 2.45) is 5.73 Å². The molecule has 24 heavy (non-hydrogen) atoms. The summed E-state index contributed by atoms with van der Waals surface area (Å²) in [6.07, 6.45) is 4.92. The van der Waals surface area contributed by atoms with Crippen LogP contribution in [0.1, 0.15) is 56.0 Å². The fourth-order valence-electron chi connectivity index (χ4n) is 3.00. The molecule has 0 radical (unpaired) electrons. The molecule has 2 amide bonds. The highest BCUT2D eigenvalue weighted by molar-refractivity contribution is 7.17. The summed E-state index contributed by atoms with van der Waals surface area (Å²) in [5.74, 6) is -1.40. The molecule has 0 saturated carbocycles. The number of halogens is 1. The van der Waals surface area contributed by atoms with Gasteiger partial charge in [-0.05, 0) is 55.9 Å². The highest BCUT2D eigenvalue weighted by atomic mass is 32.1. The lowest BCUT2D eigenvalue weighted by atomic mass is 10.0. The molecule has 1 aliphatic carbocycles. The highest BCUT2D eigenvalue weighted by Gasteiger charge is 2.24. The maximum Gasteiger partial charge on any atom is 0.256 e. The number of nitrogens with two attached hydrogens (primary N) is 1. The van der Waals surface area contributed by atoms with Crippen LogP contribution in [-0.4, -0.2) is 11.8 Å². The van der Waals surface area contributed by atoms with E-state index in [0.717, 1.165) is 42.5 Å². The van der Waals surface area contributed by atoms with E-state index >= 15 is 0 Å². The lowest BCUT2D eigenvalue weighted by Gasteiger charge is -2.07. The third-order valence-corrected chi connectivity index (χ3v) is 5.54. The fourth-order valence-corrected chi connectivity index (χ4v) is 4.29. The number of hydrogen-bond donors (Lipinski definition) is 2. The molecular weight excluding hydrogens is 327 g/mol. The van der Waals surface area contributed by atoms with E-state index in [4.69, 9.17) is 5.73 Å². The first-order valence-corrected chi connectivity index (χ1v) is 8.81. The Kier molecular flexibility index (Phi) is 4.66. The Hall–Kier alpha value is -2.21. The van der Waals surface area contributed by atoms with Crippen molar-refractivity contribution in [1.29, 1.82) is 0 Å². The first kappa shape index (κ1) is 16.6. The van der Waals surface area contributed by atoms with Gasteiger partial charge in [0, 0.05) is 10.4 Å². The van der Waals surface area contributed by atoms with Crippen LogP contribution >= 0.6 is 11.3 Å². The smallest absolute Gasteiger partial charge is 0.256 e. The van der Waals surface area contributed by atoms with E-state index in [-0.39, 0.29) is 5.56 Å². The summed E-state index contributed by atoms with van der Waals surface area (Å²) >= 11 is 1.41. The van der Waals surface area contributed by atoms with E-state index in [9.17, 15) is 14.0 Å². The SMILES string of the molecule is Cc1ccc(C(=O)Nc2sc3c(c2C(N)=O)CCCCC3)cc1F. The van der Waals surface area contributed by atoms with Gasteiger partial charge >= 0.3 is 0 Å². The maximum atomic E-state index is 13.7. The van der Waals surface area contributed by atoms with Gasteiger partial charge in [-0.3, -0.25) is 9.59 Å². The Morgan fingerprint density at radius 1 is 1.21 bits per heavy atom. The number of anilines is 1. The van der Waals surface area contributed by atoms with Gasteiger partial charge in [0.25, 0.3) is 11.8 Å². The Morgan fingerprint density at radius 3 is 2.67 bits per heavy atom. The fraction of sp³-hybridized carbons (Fsp3) is 0.333. The molecule has 0 saturated heterocycles. The lowest BCUT2D eigenvalue weighted by Crippen LogP contribution is -2.18. The third-order valence-electron chi connectivity index (χ3n) is 4.33. The number of benzene rings is 1. The summed E-state index contributed by atoms with van der Waals surface area (Å²) in [6.45, 7) is 1.64. The zero-order valence-electron chi connectivity index (χ0n) is 13.4. The van der Waals surface area contributed by atoms with Crippen molar-refractivity contribution < 1.29 is 14.0 Å². The minimum Gasteiger partial charge on any atom is -0.365 e. The Bertz CT molecular complexity index is 814. The molecule has 1 aromatic carbocycles. The van der Waals surface area contributed by atoms with Crippen LogP contribution in [0.4, 0.5) is 9.39 Å². The van der Waals surface area contributed by atoms with Crippen LogP contribution in [0.25, 0.3) is 0 Å². The van der Waals surface area contributed by atoms with Gasteiger partial charge in [-0.15, -0.1) is 11.3 Å². The molecule has 0 aliphatic heterocycles. The first-order chi connectivity index (χ1) is 11.5. The van der Waals surface area contributed by atoms with Crippen LogP contribution in [-0.2, 0) is 12.8 Å². The van der Waals surface area contributed by atoms with E-state index in [1.807, 2.05) is 0 Å². The summed E-state index contributed by atoms with van der Waals surface area (Å²) in [7, 11) is 0. The largest absolute Gasteiger partial charge is 0.365 e. The third kappa shape index (κ3) is 3.19. The molecule has 0 unspecified atom stereocenters. The minimum atomic E-state index is -0.528. The molecule has 0 bridgehead atoms. The molecule has 0 spiro atoms. The molecule has 2 aromatic rings. The highest BCUT2D eigenvalue weighted by Crippen LogP contribution is 2.37. The molecule has 1 aliphatic rings. The van der Waals surface area contributed by atoms with Gasteiger partial charge in [-0.25, -0.2) is 4.39 Å². The number of carbonyl (C=O) groups is 2. The summed E-state index contributed by atoms with van der Waals surface area (Å²) in [6, 6.07) is 4.33. The number of amides is 2. The van der Waals surface area contributed by atoms with Crippen LogP contribution in [0.3, 0.4) is 0 Å². The number of thiophene rings is 1. The molecule has 1 heterocycles. The minimum absolute atomic E-state index is 0.220. The van der Waals surface area contributed by atoms with Crippen LogP contribution < -0.4 is 11.1 Å². The second kappa shape index (κ2) is 6.73. The zero-order valence-corrected chi connectivity index (χ0v) is 14.3. The zero-order chi connectivity index (χ0) is 17.3. The quantitative estimate of drug-likeness (QED) is 0.830. The second-order valence-corrected chi connectivity index (χ2v) is 7.16. The van der Waals surface area contributed by atoms with Gasteiger partial charge in [0.15, 0.2) is 0 Å². The number of hydrogen-bond acceptors (Lipinski definition) is 3. The van der Waals surface area contributed by atoms with Crippen molar-refractivity contribution in [3.63, 3.8) is 0 Å². The Morgan fingerprint density at radius 2 is 1.96 bits per heavy atom. The van der Waals surface area contributed by atoms with Gasteiger partial charge in [-0.2, -0.15) is 0 Å². The van der Waals surface area contributed by atoms with Gasteiger partial charge in [-0.1, -0.05) is 12.5 Å². The van der Waals surface area contributed by atoms with Crippen LogP contribution in [0.2, 0.25) is 0 Å². The topological polar surface area (TPSA) is 72.2 Å². The predicted octanol–water partition coefficient (Wildman–Crippen LogP) is 3.82. The van der Waals surface area contributed by atoms with Crippen LogP contribution in [0.15, 0.2) is 18.2 Å².